The molecule has 2 nitrogen and oxygen atoms in total. The van der Waals surface area contributed by atoms with Gasteiger partial charge in [0.05, 0.1) is 5.52 Å². The molecule has 104 valence electrons. The van der Waals surface area contributed by atoms with E-state index < -0.39 is 0 Å². The van der Waals surface area contributed by atoms with Gasteiger partial charge in [0.1, 0.15) is 5.82 Å². The topological polar surface area (TPSA) is 25.8 Å². The third-order valence-electron chi connectivity index (χ3n) is 4.71. The van der Waals surface area contributed by atoms with Gasteiger partial charge in [-0.2, -0.15) is 0 Å². The average Bonchev–Trinajstić information content (AvgIpc) is 2.68. The highest BCUT2D eigenvalue weighted by Crippen LogP contribution is 2.50. The minimum Gasteiger partial charge on any atom is -0.238 e. The molecule has 0 atom stereocenters. The molecule has 1 aliphatic rings. The van der Waals surface area contributed by atoms with Crippen molar-refractivity contribution in [3.05, 3.63) is 59.0 Å². The number of aryl methyl sites for hydroxylation is 2. The first kappa shape index (κ1) is 12.5. The fourth-order valence-corrected chi connectivity index (χ4v) is 3.67. The van der Waals surface area contributed by atoms with Crippen LogP contribution in [-0.2, 0) is 5.41 Å². The van der Waals surface area contributed by atoms with Gasteiger partial charge in [-0.1, -0.05) is 50.2 Å². The van der Waals surface area contributed by atoms with Gasteiger partial charge >= 0.3 is 0 Å². The Labute approximate surface area is 124 Å². The van der Waals surface area contributed by atoms with Gasteiger partial charge in [0.25, 0.3) is 0 Å². The van der Waals surface area contributed by atoms with E-state index in [0.29, 0.717) is 0 Å². The van der Waals surface area contributed by atoms with Crippen LogP contribution in [-0.4, -0.2) is 9.97 Å². The lowest BCUT2D eigenvalue weighted by atomic mass is 9.82. The summed E-state index contributed by atoms with van der Waals surface area (Å²) < 4.78 is 0. The predicted octanol–water partition coefficient (Wildman–Crippen LogP) is 4.55. The average molecular weight is 274 g/mol. The van der Waals surface area contributed by atoms with E-state index in [9.17, 15) is 0 Å². The highest BCUT2D eigenvalue weighted by molar-refractivity contribution is 6.00. The fraction of sp³-hybridized carbons (Fsp3) is 0.263. The molecular weight excluding hydrogens is 256 g/mol. The monoisotopic (exact) mass is 274 g/mol. The summed E-state index contributed by atoms with van der Waals surface area (Å²) in [5, 5.41) is 1.16. The molecular formula is C19H18N2. The zero-order valence-electron chi connectivity index (χ0n) is 12.9. The highest BCUT2D eigenvalue weighted by Gasteiger charge is 2.36. The molecule has 0 unspecified atom stereocenters. The summed E-state index contributed by atoms with van der Waals surface area (Å²) in [6.07, 6.45) is 0. The van der Waals surface area contributed by atoms with Crippen LogP contribution in [0.3, 0.4) is 0 Å². The zero-order valence-corrected chi connectivity index (χ0v) is 12.9. The van der Waals surface area contributed by atoms with Gasteiger partial charge in [-0.3, -0.25) is 0 Å². The lowest BCUT2D eigenvalue weighted by Gasteiger charge is -2.21. The first-order valence-electron chi connectivity index (χ1n) is 7.38. The molecule has 2 heteroatoms. The van der Waals surface area contributed by atoms with E-state index in [1.165, 1.54) is 22.3 Å². The molecule has 0 N–H and O–H groups in total. The number of nitrogens with zero attached hydrogens (tertiary/aromatic N) is 2. The van der Waals surface area contributed by atoms with Gasteiger partial charge in [-0.05, 0) is 30.5 Å². The van der Waals surface area contributed by atoms with Crippen molar-refractivity contribution >= 4 is 10.9 Å². The van der Waals surface area contributed by atoms with E-state index >= 15 is 0 Å². The second-order valence-electron chi connectivity index (χ2n) is 6.41. The Hall–Kier alpha value is -2.22. The largest absolute Gasteiger partial charge is 0.238 e. The Kier molecular flexibility index (Phi) is 2.33. The van der Waals surface area contributed by atoms with Crippen LogP contribution in [0.4, 0.5) is 0 Å². The van der Waals surface area contributed by atoms with Gasteiger partial charge in [-0.25, -0.2) is 9.97 Å². The molecule has 0 aliphatic heterocycles. The van der Waals surface area contributed by atoms with Gasteiger partial charge < -0.3 is 0 Å². The standard InChI is InChI=1S/C19H18N2/c1-11-13-9-10-16-17(18(13)21-12(2)20-11)14-7-5-6-8-15(14)19(16,3)4/h5-10H,1-4H3. The Morgan fingerprint density at radius 2 is 1.62 bits per heavy atom. The number of benzene rings is 2. The van der Waals surface area contributed by atoms with Crippen molar-refractivity contribution in [2.75, 3.05) is 0 Å². The summed E-state index contributed by atoms with van der Waals surface area (Å²) in [6.45, 7) is 8.63. The van der Waals surface area contributed by atoms with E-state index in [0.717, 1.165) is 22.4 Å². The van der Waals surface area contributed by atoms with Crippen LogP contribution in [0.15, 0.2) is 36.4 Å². The Balaban J connectivity index is 2.23. The van der Waals surface area contributed by atoms with Crippen molar-refractivity contribution in [3.63, 3.8) is 0 Å². The molecule has 0 fully saturated rings. The molecule has 0 spiro atoms. The summed E-state index contributed by atoms with van der Waals surface area (Å²) in [6, 6.07) is 13.1. The molecule has 21 heavy (non-hydrogen) atoms. The highest BCUT2D eigenvalue weighted by atomic mass is 14.9. The molecule has 3 aromatic rings. The van der Waals surface area contributed by atoms with Crippen molar-refractivity contribution in [3.8, 4) is 11.1 Å². The first-order valence-corrected chi connectivity index (χ1v) is 7.38. The SMILES string of the molecule is Cc1nc(C)c2ccc3c(c2n1)-c1ccccc1C3(C)C. The Morgan fingerprint density at radius 3 is 2.43 bits per heavy atom. The molecule has 1 aliphatic carbocycles. The molecule has 0 saturated carbocycles. The lowest BCUT2D eigenvalue weighted by Crippen LogP contribution is -2.14. The van der Waals surface area contributed by atoms with Gasteiger partial charge in [0, 0.05) is 22.1 Å². The molecule has 1 aromatic heterocycles. The number of rotatable bonds is 0. The van der Waals surface area contributed by atoms with Crippen molar-refractivity contribution in [1.82, 2.24) is 9.97 Å². The zero-order chi connectivity index (χ0) is 14.8. The van der Waals surface area contributed by atoms with Crippen molar-refractivity contribution < 1.29 is 0 Å². The van der Waals surface area contributed by atoms with E-state index in [-0.39, 0.29) is 5.41 Å². The quantitative estimate of drug-likeness (QED) is 0.601. The fourth-order valence-electron chi connectivity index (χ4n) is 3.67. The van der Waals surface area contributed by atoms with Crippen LogP contribution < -0.4 is 0 Å². The summed E-state index contributed by atoms with van der Waals surface area (Å²) in [4.78, 5) is 9.27. The Morgan fingerprint density at radius 1 is 0.857 bits per heavy atom. The van der Waals surface area contributed by atoms with Crippen molar-refractivity contribution in [1.29, 1.82) is 0 Å². The third kappa shape index (κ3) is 1.53. The van der Waals surface area contributed by atoms with Gasteiger partial charge in [0.2, 0.25) is 0 Å². The number of aromatic nitrogens is 2. The molecule has 0 bridgehead atoms. The minimum absolute atomic E-state index is 0.0346. The molecule has 0 radical (unpaired) electrons. The number of fused-ring (bicyclic) bond motifs is 5. The lowest BCUT2D eigenvalue weighted by molar-refractivity contribution is 0.660. The molecule has 4 rings (SSSR count). The maximum absolute atomic E-state index is 4.76. The normalized spacial score (nSPS) is 15.0. The molecule has 0 amide bonds. The van der Waals surface area contributed by atoms with Crippen LogP contribution in [0.1, 0.15) is 36.5 Å². The third-order valence-corrected chi connectivity index (χ3v) is 4.71. The summed E-state index contributed by atoms with van der Waals surface area (Å²) in [5.41, 5.74) is 7.56. The van der Waals surface area contributed by atoms with E-state index in [2.05, 4.69) is 62.2 Å². The van der Waals surface area contributed by atoms with Crippen molar-refractivity contribution in [2.24, 2.45) is 0 Å². The van der Waals surface area contributed by atoms with Crippen molar-refractivity contribution in [2.45, 2.75) is 33.1 Å². The molecule has 0 saturated heterocycles. The maximum Gasteiger partial charge on any atom is 0.126 e. The van der Waals surface area contributed by atoms with Gasteiger partial charge in [0.15, 0.2) is 0 Å². The molecule has 2 aromatic carbocycles. The van der Waals surface area contributed by atoms with Crippen LogP contribution >= 0.6 is 0 Å². The Bertz CT molecular complexity index is 891. The van der Waals surface area contributed by atoms with Crippen LogP contribution in [0, 0.1) is 13.8 Å². The second-order valence-corrected chi connectivity index (χ2v) is 6.41. The van der Waals surface area contributed by atoms with Crippen LogP contribution in [0.2, 0.25) is 0 Å². The van der Waals surface area contributed by atoms with E-state index in [1.54, 1.807) is 0 Å². The van der Waals surface area contributed by atoms with E-state index in [4.69, 9.17) is 4.98 Å². The number of hydrogen-bond acceptors (Lipinski definition) is 2. The summed E-state index contributed by atoms with van der Waals surface area (Å²) >= 11 is 0. The van der Waals surface area contributed by atoms with Crippen LogP contribution in [0.5, 0.6) is 0 Å². The maximum atomic E-state index is 4.76. The number of hydrogen-bond donors (Lipinski definition) is 0. The van der Waals surface area contributed by atoms with E-state index in [1.807, 2.05) is 6.92 Å². The van der Waals surface area contributed by atoms with Crippen LogP contribution in [0.25, 0.3) is 22.0 Å². The first-order chi connectivity index (χ1) is 10.00. The minimum atomic E-state index is 0.0346. The summed E-state index contributed by atoms with van der Waals surface area (Å²) in [7, 11) is 0. The second kappa shape index (κ2) is 3.91. The summed E-state index contributed by atoms with van der Waals surface area (Å²) in [5.74, 6) is 0.843. The van der Waals surface area contributed by atoms with Gasteiger partial charge in [-0.15, -0.1) is 0 Å². The smallest absolute Gasteiger partial charge is 0.126 e. The molecule has 1 heterocycles. The predicted molar refractivity (Wildman–Crippen MR) is 86.6 cm³/mol.